The van der Waals surface area contributed by atoms with Crippen molar-refractivity contribution in [3.8, 4) is 11.5 Å². The third kappa shape index (κ3) is 1.42. The zero-order valence-corrected chi connectivity index (χ0v) is 11.4. The van der Waals surface area contributed by atoms with Crippen molar-refractivity contribution < 1.29 is 0 Å². The minimum absolute atomic E-state index is 0.910. The first-order valence-electron chi connectivity index (χ1n) is 6.61. The largest absolute Gasteiger partial charge is 0.326 e. The Labute approximate surface area is 116 Å². The molecule has 20 heavy (non-hydrogen) atoms. The van der Waals surface area contributed by atoms with Crippen molar-refractivity contribution >= 4 is 16.7 Å². The maximum Gasteiger partial charge on any atom is 0.161 e. The van der Waals surface area contributed by atoms with Crippen molar-refractivity contribution in [3.63, 3.8) is 0 Å². The van der Waals surface area contributed by atoms with Crippen molar-refractivity contribution in [1.29, 1.82) is 0 Å². The fourth-order valence-corrected chi connectivity index (χ4v) is 2.69. The van der Waals surface area contributed by atoms with E-state index in [2.05, 4.69) is 22.0 Å². The van der Waals surface area contributed by atoms with Gasteiger partial charge in [0.2, 0.25) is 0 Å². The molecular formula is C16H14N4. The lowest BCUT2D eigenvalue weighted by Crippen LogP contribution is -1.94. The van der Waals surface area contributed by atoms with Gasteiger partial charge in [-0.1, -0.05) is 18.2 Å². The van der Waals surface area contributed by atoms with E-state index < -0.39 is 0 Å². The molecule has 0 bridgehead atoms. The van der Waals surface area contributed by atoms with Gasteiger partial charge < -0.3 is 8.97 Å². The molecule has 0 amide bonds. The topological polar surface area (TPSA) is 35.1 Å². The minimum atomic E-state index is 0.910. The summed E-state index contributed by atoms with van der Waals surface area (Å²) in [7, 11) is 2.04. The summed E-state index contributed by atoms with van der Waals surface area (Å²) in [6, 6.07) is 14.2. The maximum atomic E-state index is 4.73. The molecule has 0 unspecified atom stereocenters. The van der Waals surface area contributed by atoms with E-state index in [9.17, 15) is 0 Å². The van der Waals surface area contributed by atoms with Gasteiger partial charge in [0.25, 0.3) is 0 Å². The van der Waals surface area contributed by atoms with Gasteiger partial charge in [-0.15, -0.1) is 0 Å². The first kappa shape index (κ1) is 11.2. The lowest BCUT2D eigenvalue weighted by molar-refractivity contribution is 0.949. The van der Waals surface area contributed by atoms with Crippen LogP contribution in [0.5, 0.6) is 0 Å². The number of fused-ring (bicyclic) bond motifs is 2. The van der Waals surface area contributed by atoms with Gasteiger partial charge in [-0.2, -0.15) is 0 Å². The van der Waals surface area contributed by atoms with E-state index in [1.807, 2.05) is 49.6 Å². The molecule has 0 N–H and O–H groups in total. The van der Waals surface area contributed by atoms with Crippen LogP contribution in [-0.2, 0) is 7.05 Å². The van der Waals surface area contributed by atoms with Crippen molar-refractivity contribution in [2.45, 2.75) is 6.92 Å². The molecule has 0 fully saturated rings. The molecule has 0 atom stereocenters. The zero-order chi connectivity index (χ0) is 13.7. The Bertz CT molecular complexity index is 852. The van der Waals surface area contributed by atoms with E-state index in [1.54, 1.807) is 0 Å². The Morgan fingerprint density at radius 2 is 1.75 bits per heavy atom. The SMILES string of the molecule is Cc1c(-c2nc3ccccc3n2C)nc2ccccn12. The lowest BCUT2D eigenvalue weighted by atomic mass is 10.3. The van der Waals surface area contributed by atoms with E-state index >= 15 is 0 Å². The highest BCUT2D eigenvalue weighted by atomic mass is 15.1. The molecule has 0 aliphatic heterocycles. The predicted molar refractivity (Wildman–Crippen MR) is 79.6 cm³/mol. The molecule has 0 saturated heterocycles. The number of aryl methyl sites for hydroxylation is 2. The van der Waals surface area contributed by atoms with Crippen LogP contribution >= 0.6 is 0 Å². The second kappa shape index (κ2) is 3.93. The Morgan fingerprint density at radius 1 is 0.950 bits per heavy atom. The molecular weight excluding hydrogens is 248 g/mol. The van der Waals surface area contributed by atoms with Crippen LogP contribution in [0.4, 0.5) is 0 Å². The molecule has 4 rings (SSSR count). The quantitative estimate of drug-likeness (QED) is 0.528. The van der Waals surface area contributed by atoms with Gasteiger partial charge in [-0.05, 0) is 31.2 Å². The van der Waals surface area contributed by atoms with E-state index in [0.29, 0.717) is 0 Å². The molecule has 0 aliphatic rings. The maximum absolute atomic E-state index is 4.73. The molecule has 4 heteroatoms. The van der Waals surface area contributed by atoms with Crippen LogP contribution in [0.15, 0.2) is 48.7 Å². The Morgan fingerprint density at radius 3 is 2.55 bits per heavy atom. The average molecular weight is 262 g/mol. The zero-order valence-electron chi connectivity index (χ0n) is 11.4. The summed E-state index contributed by atoms with van der Waals surface area (Å²) >= 11 is 0. The van der Waals surface area contributed by atoms with Crippen LogP contribution in [0.25, 0.3) is 28.2 Å². The van der Waals surface area contributed by atoms with Crippen LogP contribution in [-0.4, -0.2) is 18.9 Å². The second-order valence-corrected chi connectivity index (χ2v) is 4.96. The first-order valence-corrected chi connectivity index (χ1v) is 6.61. The normalized spacial score (nSPS) is 11.5. The highest BCUT2D eigenvalue weighted by Crippen LogP contribution is 2.26. The molecule has 98 valence electrons. The number of hydrogen-bond donors (Lipinski definition) is 0. The van der Waals surface area contributed by atoms with Gasteiger partial charge in [-0.3, -0.25) is 0 Å². The van der Waals surface area contributed by atoms with Crippen molar-refractivity contribution in [3.05, 3.63) is 54.4 Å². The Hall–Kier alpha value is -2.62. The van der Waals surface area contributed by atoms with Gasteiger partial charge >= 0.3 is 0 Å². The Balaban J connectivity index is 2.06. The van der Waals surface area contributed by atoms with E-state index in [-0.39, 0.29) is 0 Å². The summed E-state index contributed by atoms with van der Waals surface area (Å²) in [6.45, 7) is 2.08. The summed E-state index contributed by atoms with van der Waals surface area (Å²) in [4.78, 5) is 9.44. The van der Waals surface area contributed by atoms with E-state index in [0.717, 1.165) is 33.9 Å². The lowest BCUT2D eigenvalue weighted by Gasteiger charge is -2.00. The summed E-state index contributed by atoms with van der Waals surface area (Å²) in [5.41, 5.74) is 5.13. The smallest absolute Gasteiger partial charge is 0.161 e. The number of pyridine rings is 1. The third-order valence-corrected chi connectivity index (χ3v) is 3.77. The Kier molecular flexibility index (Phi) is 2.21. The van der Waals surface area contributed by atoms with Gasteiger partial charge in [0, 0.05) is 13.2 Å². The highest BCUT2D eigenvalue weighted by Gasteiger charge is 2.16. The third-order valence-electron chi connectivity index (χ3n) is 3.77. The van der Waals surface area contributed by atoms with Crippen molar-refractivity contribution in [1.82, 2.24) is 18.9 Å². The van der Waals surface area contributed by atoms with Crippen LogP contribution in [0.3, 0.4) is 0 Å². The molecule has 3 heterocycles. The number of rotatable bonds is 1. The van der Waals surface area contributed by atoms with E-state index in [4.69, 9.17) is 9.97 Å². The molecule has 0 saturated carbocycles. The molecule has 4 aromatic rings. The van der Waals surface area contributed by atoms with Gasteiger partial charge in [0.1, 0.15) is 11.3 Å². The van der Waals surface area contributed by atoms with Crippen LogP contribution < -0.4 is 0 Å². The molecule has 0 radical (unpaired) electrons. The fourth-order valence-electron chi connectivity index (χ4n) is 2.69. The summed E-state index contributed by atoms with van der Waals surface area (Å²) in [5.74, 6) is 0.910. The highest BCUT2D eigenvalue weighted by molar-refractivity contribution is 5.80. The molecule has 1 aromatic carbocycles. The number of para-hydroxylation sites is 2. The average Bonchev–Trinajstić information content (AvgIpc) is 2.98. The first-order chi connectivity index (χ1) is 9.75. The standard InChI is InChI=1S/C16H14N4/c1-11-15(18-14-9-5-6-10-20(11)14)16-17-12-7-3-4-8-13(12)19(16)2/h3-10H,1-2H3. The van der Waals surface area contributed by atoms with Crippen molar-refractivity contribution in [2.24, 2.45) is 7.05 Å². The number of aromatic nitrogens is 4. The minimum Gasteiger partial charge on any atom is -0.326 e. The second-order valence-electron chi connectivity index (χ2n) is 4.96. The van der Waals surface area contributed by atoms with Crippen LogP contribution in [0.1, 0.15) is 5.69 Å². The van der Waals surface area contributed by atoms with Crippen molar-refractivity contribution in [2.75, 3.05) is 0 Å². The van der Waals surface area contributed by atoms with Gasteiger partial charge in [0.15, 0.2) is 5.82 Å². The summed E-state index contributed by atoms with van der Waals surface area (Å²) < 4.78 is 4.19. The number of imidazole rings is 2. The van der Waals surface area contributed by atoms with Crippen LogP contribution in [0, 0.1) is 6.92 Å². The number of benzene rings is 1. The molecule has 3 aromatic heterocycles. The summed E-state index contributed by atoms with van der Waals surface area (Å²) in [6.07, 6.45) is 2.03. The number of hydrogen-bond acceptors (Lipinski definition) is 2. The monoisotopic (exact) mass is 262 g/mol. The van der Waals surface area contributed by atoms with Gasteiger partial charge in [0.05, 0.1) is 16.7 Å². The van der Waals surface area contributed by atoms with Gasteiger partial charge in [-0.25, -0.2) is 9.97 Å². The molecule has 0 aliphatic carbocycles. The molecule has 4 nitrogen and oxygen atoms in total. The predicted octanol–water partition coefficient (Wildman–Crippen LogP) is 3.20. The van der Waals surface area contributed by atoms with E-state index in [1.165, 1.54) is 0 Å². The number of nitrogens with zero attached hydrogens (tertiary/aromatic N) is 4. The molecule has 0 spiro atoms. The fraction of sp³-hybridized carbons (Fsp3) is 0.125. The van der Waals surface area contributed by atoms with Crippen LogP contribution in [0.2, 0.25) is 0 Å². The summed E-state index contributed by atoms with van der Waals surface area (Å²) in [5, 5.41) is 0.